The smallest absolute Gasteiger partial charge is 0.251 e. The van der Waals surface area contributed by atoms with E-state index in [0.717, 1.165) is 12.2 Å². The first kappa shape index (κ1) is 10.6. The van der Waals surface area contributed by atoms with Crippen molar-refractivity contribution >= 4 is 11.6 Å². The fraction of sp³-hybridized carbons (Fsp3) is 0.364. The van der Waals surface area contributed by atoms with Gasteiger partial charge in [0.2, 0.25) is 0 Å². The Morgan fingerprint density at radius 2 is 2.21 bits per heavy atom. The molecule has 76 valence electrons. The fourth-order valence-corrected chi connectivity index (χ4v) is 1.21. The first-order chi connectivity index (χ1) is 6.69. The van der Waals surface area contributed by atoms with E-state index in [0.29, 0.717) is 5.56 Å². The average molecular weight is 192 g/mol. The molecule has 0 saturated heterocycles. The minimum Gasteiger partial charge on any atom is -0.375 e. The van der Waals surface area contributed by atoms with E-state index in [1.54, 1.807) is 7.05 Å². The van der Waals surface area contributed by atoms with Gasteiger partial charge in [0.15, 0.2) is 0 Å². The highest BCUT2D eigenvalue weighted by molar-refractivity contribution is 5.94. The molecule has 0 spiro atoms. The van der Waals surface area contributed by atoms with Gasteiger partial charge in [0.25, 0.3) is 5.91 Å². The molecule has 0 radical (unpaired) electrons. The molecule has 0 aliphatic carbocycles. The summed E-state index contributed by atoms with van der Waals surface area (Å²) in [5.74, 6) is -0.0450. The van der Waals surface area contributed by atoms with E-state index in [4.69, 9.17) is 0 Å². The normalized spacial score (nSPS) is 9.64. The maximum absolute atomic E-state index is 11.3. The lowest BCUT2D eigenvalue weighted by Crippen LogP contribution is -2.20. The maximum Gasteiger partial charge on any atom is 0.251 e. The zero-order valence-electron chi connectivity index (χ0n) is 8.87. The van der Waals surface area contributed by atoms with Crippen molar-refractivity contribution in [1.29, 1.82) is 0 Å². The molecule has 1 rings (SSSR count). The highest BCUT2D eigenvalue weighted by atomic mass is 16.1. The van der Waals surface area contributed by atoms with Crippen molar-refractivity contribution < 1.29 is 4.79 Å². The molecule has 0 aliphatic heterocycles. The van der Waals surface area contributed by atoms with Gasteiger partial charge in [-0.3, -0.25) is 4.79 Å². The number of carbonyl (C=O) groups excluding carboxylic acids is 1. The summed E-state index contributed by atoms with van der Waals surface area (Å²) in [6.45, 7) is 3.00. The Labute approximate surface area is 84.7 Å². The van der Waals surface area contributed by atoms with Gasteiger partial charge in [0.05, 0.1) is 0 Å². The molecule has 0 unspecified atom stereocenters. The van der Waals surface area contributed by atoms with Crippen molar-refractivity contribution in [2.24, 2.45) is 0 Å². The summed E-state index contributed by atoms with van der Waals surface area (Å²) in [5, 5.41) is 2.61. The summed E-state index contributed by atoms with van der Waals surface area (Å²) in [6.07, 6.45) is 0. The lowest BCUT2D eigenvalue weighted by atomic mass is 10.2. The number of carbonyl (C=O) groups is 1. The second-order valence-corrected chi connectivity index (χ2v) is 3.14. The van der Waals surface area contributed by atoms with Crippen molar-refractivity contribution in [3.05, 3.63) is 29.8 Å². The quantitative estimate of drug-likeness (QED) is 0.787. The van der Waals surface area contributed by atoms with Crippen LogP contribution in [0.3, 0.4) is 0 Å². The molecule has 0 bridgehead atoms. The van der Waals surface area contributed by atoms with Gasteiger partial charge in [-0.25, -0.2) is 0 Å². The molecule has 1 aromatic rings. The molecule has 0 atom stereocenters. The summed E-state index contributed by atoms with van der Waals surface area (Å²) in [5.41, 5.74) is 1.76. The highest BCUT2D eigenvalue weighted by Gasteiger charge is 2.04. The van der Waals surface area contributed by atoms with E-state index >= 15 is 0 Å². The van der Waals surface area contributed by atoms with Crippen molar-refractivity contribution in [3.63, 3.8) is 0 Å². The number of anilines is 1. The second kappa shape index (κ2) is 4.65. The minimum atomic E-state index is -0.0450. The molecule has 0 saturated carbocycles. The number of nitrogens with one attached hydrogen (secondary N) is 1. The number of hydrogen-bond acceptors (Lipinski definition) is 2. The third-order valence-corrected chi connectivity index (χ3v) is 2.25. The van der Waals surface area contributed by atoms with Gasteiger partial charge >= 0.3 is 0 Å². The van der Waals surface area contributed by atoms with Crippen LogP contribution in [0.2, 0.25) is 0 Å². The molecule has 0 heterocycles. The fourth-order valence-electron chi connectivity index (χ4n) is 1.21. The van der Waals surface area contributed by atoms with Crippen molar-refractivity contribution in [2.45, 2.75) is 6.92 Å². The summed E-state index contributed by atoms with van der Waals surface area (Å²) < 4.78 is 0. The van der Waals surface area contributed by atoms with Crippen LogP contribution in [0.5, 0.6) is 0 Å². The van der Waals surface area contributed by atoms with E-state index in [2.05, 4.69) is 17.1 Å². The molecule has 0 aliphatic rings. The summed E-state index contributed by atoms with van der Waals surface area (Å²) in [6, 6.07) is 7.59. The zero-order valence-corrected chi connectivity index (χ0v) is 8.87. The van der Waals surface area contributed by atoms with E-state index in [1.165, 1.54) is 0 Å². The van der Waals surface area contributed by atoms with E-state index in [-0.39, 0.29) is 5.91 Å². The van der Waals surface area contributed by atoms with Crippen LogP contribution in [0.4, 0.5) is 5.69 Å². The Morgan fingerprint density at radius 3 is 2.79 bits per heavy atom. The molecule has 0 aromatic heterocycles. The summed E-state index contributed by atoms with van der Waals surface area (Å²) in [7, 11) is 3.64. The van der Waals surface area contributed by atoms with Crippen LogP contribution in [-0.2, 0) is 0 Å². The van der Waals surface area contributed by atoms with Crippen LogP contribution < -0.4 is 10.2 Å². The standard InChI is InChI=1S/C11H16N2O/c1-4-13(3)10-7-5-6-9(8-10)11(14)12-2/h5-8H,4H2,1-3H3,(H,12,14). The maximum atomic E-state index is 11.3. The summed E-state index contributed by atoms with van der Waals surface area (Å²) in [4.78, 5) is 13.4. The van der Waals surface area contributed by atoms with Gasteiger partial charge < -0.3 is 10.2 Å². The van der Waals surface area contributed by atoms with E-state index < -0.39 is 0 Å². The highest BCUT2D eigenvalue weighted by Crippen LogP contribution is 2.14. The lowest BCUT2D eigenvalue weighted by Gasteiger charge is -2.17. The largest absolute Gasteiger partial charge is 0.375 e. The molecule has 14 heavy (non-hydrogen) atoms. The van der Waals surface area contributed by atoms with Crippen molar-refractivity contribution in [1.82, 2.24) is 5.32 Å². The Balaban J connectivity index is 2.95. The number of hydrogen-bond donors (Lipinski definition) is 1. The molecule has 3 nitrogen and oxygen atoms in total. The Hall–Kier alpha value is -1.51. The van der Waals surface area contributed by atoms with Crippen LogP contribution >= 0.6 is 0 Å². The van der Waals surface area contributed by atoms with Crippen LogP contribution in [0, 0.1) is 0 Å². The third kappa shape index (κ3) is 2.25. The Morgan fingerprint density at radius 1 is 1.50 bits per heavy atom. The van der Waals surface area contributed by atoms with Crippen LogP contribution in [0.1, 0.15) is 17.3 Å². The SMILES string of the molecule is CCN(C)c1cccc(C(=O)NC)c1. The van der Waals surface area contributed by atoms with Gasteiger partial charge in [-0.1, -0.05) is 6.07 Å². The predicted octanol–water partition coefficient (Wildman–Crippen LogP) is 1.50. The van der Waals surface area contributed by atoms with Crippen LogP contribution in [-0.4, -0.2) is 26.5 Å². The van der Waals surface area contributed by atoms with Gasteiger partial charge in [0.1, 0.15) is 0 Å². The first-order valence-electron chi connectivity index (χ1n) is 4.72. The van der Waals surface area contributed by atoms with Crippen molar-refractivity contribution in [2.75, 3.05) is 25.5 Å². The molecule has 1 aromatic carbocycles. The molecular formula is C11H16N2O. The predicted molar refractivity (Wildman–Crippen MR) is 58.8 cm³/mol. The monoisotopic (exact) mass is 192 g/mol. The van der Waals surface area contributed by atoms with Gasteiger partial charge in [-0.05, 0) is 25.1 Å². The molecule has 3 heteroatoms. The number of amides is 1. The van der Waals surface area contributed by atoms with Gasteiger partial charge in [-0.2, -0.15) is 0 Å². The second-order valence-electron chi connectivity index (χ2n) is 3.14. The van der Waals surface area contributed by atoms with Gasteiger partial charge in [0, 0.05) is 31.9 Å². The van der Waals surface area contributed by atoms with Crippen molar-refractivity contribution in [3.8, 4) is 0 Å². The Kier molecular flexibility index (Phi) is 3.51. The topological polar surface area (TPSA) is 32.3 Å². The molecule has 0 fully saturated rings. The van der Waals surface area contributed by atoms with Crippen LogP contribution in [0.15, 0.2) is 24.3 Å². The average Bonchev–Trinajstić information content (AvgIpc) is 2.27. The molecular weight excluding hydrogens is 176 g/mol. The molecule has 1 N–H and O–H groups in total. The lowest BCUT2D eigenvalue weighted by molar-refractivity contribution is 0.0963. The number of rotatable bonds is 3. The van der Waals surface area contributed by atoms with E-state index in [9.17, 15) is 4.79 Å². The first-order valence-corrected chi connectivity index (χ1v) is 4.72. The van der Waals surface area contributed by atoms with Gasteiger partial charge in [-0.15, -0.1) is 0 Å². The Bertz CT molecular complexity index is 323. The molecule has 1 amide bonds. The van der Waals surface area contributed by atoms with Crippen LogP contribution in [0.25, 0.3) is 0 Å². The third-order valence-electron chi connectivity index (χ3n) is 2.25. The van der Waals surface area contributed by atoms with E-state index in [1.807, 2.05) is 31.3 Å². The number of benzene rings is 1. The zero-order chi connectivity index (χ0) is 10.6. The summed E-state index contributed by atoms with van der Waals surface area (Å²) >= 11 is 0. The minimum absolute atomic E-state index is 0.0450. The number of nitrogens with zero attached hydrogens (tertiary/aromatic N) is 1.